The minimum Gasteiger partial charge on any atom is -0.487 e. The summed E-state index contributed by atoms with van der Waals surface area (Å²) in [6.07, 6.45) is 2.00. The first-order valence-electron chi connectivity index (χ1n) is 5.60. The molecule has 2 aromatic rings. The van der Waals surface area contributed by atoms with E-state index in [4.69, 9.17) is 4.74 Å². The van der Waals surface area contributed by atoms with E-state index in [1.54, 1.807) is 0 Å². The Hall–Kier alpha value is -1.29. The van der Waals surface area contributed by atoms with Crippen molar-refractivity contribution in [2.75, 3.05) is 0 Å². The van der Waals surface area contributed by atoms with Gasteiger partial charge in [-0.2, -0.15) is 0 Å². The fourth-order valence-electron chi connectivity index (χ4n) is 1.60. The van der Waals surface area contributed by atoms with Crippen molar-refractivity contribution in [1.29, 1.82) is 0 Å². The average molecular weight is 295 g/mol. The molecule has 0 aliphatic rings. The molecule has 2 rings (SSSR count). The van der Waals surface area contributed by atoms with Gasteiger partial charge >= 0.3 is 0 Å². The highest BCUT2D eigenvalue weighted by Gasteiger charge is 2.04. The second kappa shape index (κ2) is 5.36. The quantitative estimate of drug-likeness (QED) is 0.862. The van der Waals surface area contributed by atoms with Crippen LogP contribution in [0.15, 0.2) is 35.2 Å². The standard InChI is InChI=1S/C13H15BrN2O/c1-3-16-8-11(15-13(16)14)9-17-12-6-4-5-10(2)7-12/h4-8H,3,9H2,1-2H3. The van der Waals surface area contributed by atoms with Crippen molar-refractivity contribution in [1.82, 2.24) is 9.55 Å². The van der Waals surface area contributed by atoms with Crippen LogP contribution in [-0.2, 0) is 13.2 Å². The summed E-state index contributed by atoms with van der Waals surface area (Å²) in [5, 5.41) is 0. The third-order valence-corrected chi connectivity index (χ3v) is 3.13. The van der Waals surface area contributed by atoms with E-state index in [-0.39, 0.29) is 0 Å². The summed E-state index contributed by atoms with van der Waals surface area (Å²) in [5.74, 6) is 0.882. The molecule has 0 N–H and O–H groups in total. The maximum absolute atomic E-state index is 5.69. The van der Waals surface area contributed by atoms with E-state index in [1.807, 2.05) is 29.0 Å². The molecule has 0 fully saturated rings. The molecule has 0 spiro atoms. The Balaban J connectivity index is 2.02. The number of benzene rings is 1. The average Bonchev–Trinajstić information content (AvgIpc) is 2.67. The second-order valence-electron chi connectivity index (χ2n) is 3.89. The molecular formula is C13H15BrN2O. The Morgan fingerprint density at radius 1 is 1.41 bits per heavy atom. The first-order valence-corrected chi connectivity index (χ1v) is 6.39. The number of nitrogens with zero attached hydrogens (tertiary/aromatic N) is 2. The molecule has 0 saturated carbocycles. The molecule has 0 aliphatic carbocycles. The normalized spacial score (nSPS) is 10.5. The summed E-state index contributed by atoms with van der Waals surface area (Å²) in [6.45, 7) is 5.53. The summed E-state index contributed by atoms with van der Waals surface area (Å²) < 4.78 is 8.58. The zero-order valence-electron chi connectivity index (χ0n) is 9.98. The van der Waals surface area contributed by atoms with Gasteiger partial charge in [0.1, 0.15) is 12.4 Å². The van der Waals surface area contributed by atoms with Crippen LogP contribution in [0.25, 0.3) is 0 Å². The van der Waals surface area contributed by atoms with Crippen LogP contribution < -0.4 is 4.74 Å². The van der Waals surface area contributed by atoms with Crippen LogP contribution in [0.5, 0.6) is 5.75 Å². The maximum Gasteiger partial charge on any atom is 0.177 e. The highest BCUT2D eigenvalue weighted by atomic mass is 79.9. The topological polar surface area (TPSA) is 27.1 Å². The van der Waals surface area contributed by atoms with Gasteiger partial charge in [0.2, 0.25) is 0 Å². The van der Waals surface area contributed by atoms with Crippen molar-refractivity contribution < 1.29 is 4.74 Å². The lowest BCUT2D eigenvalue weighted by Crippen LogP contribution is -1.96. The number of halogens is 1. The molecule has 0 amide bonds. The lowest BCUT2D eigenvalue weighted by Gasteiger charge is -2.04. The first kappa shape index (κ1) is 12.2. The zero-order chi connectivity index (χ0) is 12.3. The number of aryl methyl sites for hydroxylation is 2. The Morgan fingerprint density at radius 2 is 2.24 bits per heavy atom. The minimum absolute atomic E-state index is 0.495. The Bertz CT molecular complexity index is 508. The SMILES string of the molecule is CCn1cc(COc2cccc(C)c2)nc1Br. The molecule has 1 heterocycles. The molecular weight excluding hydrogens is 280 g/mol. The number of hydrogen-bond donors (Lipinski definition) is 0. The molecule has 1 aromatic carbocycles. The van der Waals surface area contributed by atoms with Crippen LogP contribution in [0.4, 0.5) is 0 Å². The molecule has 0 saturated heterocycles. The molecule has 3 nitrogen and oxygen atoms in total. The summed E-state index contributed by atoms with van der Waals surface area (Å²) in [4.78, 5) is 4.37. The van der Waals surface area contributed by atoms with E-state index < -0.39 is 0 Å². The fourth-order valence-corrected chi connectivity index (χ4v) is 2.18. The van der Waals surface area contributed by atoms with Crippen molar-refractivity contribution in [3.63, 3.8) is 0 Å². The van der Waals surface area contributed by atoms with Gasteiger partial charge in [-0.3, -0.25) is 0 Å². The number of hydrogen-bond acceptors (Lipinski definition) is 2. The van der Waals surface area contributed by atoms with Gasteiger partial charge in [0.25, 0.3) is 0 Å². The third kappa shape index (κ3) is 3.09. The predicted molar refractivity (Wildman–Crippen MR) is 71.1 cm³/mol. The Kier molecular flexibility index (Phi) is 3.84. The predicted octanol–water partition coefficient (Wildman–Crippen LogP) is 3.55. The van der Waals surface area contributed by atoms with E-state index in [9.17, 15) is 0 Å². The molecule has 0 radical (unpaired) electrons. The molecule has 1 aromatic heterocycles. The van der Waals surface area contributed by atoms with E-state index in [2.05, 4.69) is 40.8 Å². The highest BCUT2D eigenvalue weighted by Crippen LogP contribution is 2.15. The number of ether oxygens (including phenoxy) is 1. The van der Waals surface area contributed by atoms with E-state index >= 15 is 0 Å². The minimum atomic E-state index is 0.495. The van der Waals surface area contributed by atoms with E-state index in [0.29, 0.717) is 6.61 Å². The first-order chi connectivity index (χ1) is 8.19. The van der Waals surface area contributed by atoms with Crippen molar-refractivity contribution in [2.45, 2.75) is 27.0 Å². The van der Waals surface area contributed by atoms with Gasteiger partial charge in [-0.05, 0) is 47.5 Å². The van der Waals surface area contributed by atoms with Gasteiger partial charge in [0, 0.05) is 12.7 Å². The van der Waals surface area contributed by atoms with Crippen molar-refractivity contribution in [2.24, 2.45) is 0 Å². The second-order valence-corrected chi connectivity index (χ2v) is 4.60. The van der Waals surface area contributed by atoms with E-state index in [1.165, 1.54) is 5.56 Å². The smallest absolute Gasteiger partial charge is 0.177 e. The summed E-state index contributed by atoms with van der Waals surface area (Å²) in [5.41, 5.74) is 2.13. The van der Waals surface area contributed by atoms with Crippen LogP contribution in [0, 0.1) is 6.92 Å². The third-order valence-electron chi connectivity index (χ3n) is 2.49. The number of rotatable bonds is 4. The summed E-state index contributed by atoms with van der Waals surface area (Å²) in [7, 11) is 0. The zero-order valence-corrected chi connectivity index (χ0v) is 11.6. The van der Waals surface area contributed by atoms with Gasteiger partial charge in [-0.15, -0.1) is 0 Å². The lowest BCUT2D eigenvalue weighted by molar-refractivity contribution is 0.301. The van der Waals surface area contributed by atoms with Crippen LogP contribution in [-0.4, -0.2) is 9.55 Å². The van der Waals surface area contributed by atoms with Crippen LogP contribution in [0.2, 0.25) is 0 Å². The summed E-state index contributed by atoms with van der Waals surface area (Å²) in [6, 6.07) is 8.02. The maximum atomic E-state index is 5.69. The Morgan fingerprint density at radius 3 is 2.88 bits per heavy atom. The van der Waals surface area contributed by atoms with Crippen molar-refractivity contribution >= 4 is 15.9 Å². The highest BCUT2D eigenvalue weighted by molar-refractivity contribution is 9.10. The van der Waals surface area contributed by atoms with Gasteiger partial charge in [0.05, 0.1) is 5.69 Å². The van der Waals surface area contributed by atoms with E-state index in [0.717, 1.165) is 22.7 Å². The molecule has 0 unspecified atom stereocenters. The van der Waals surface area contributed by atoms with Crippen molar-refractivity contribution in [3.8, 4) is 5.75 Å². The van der Waals surface area contributed by atoms with Crippen LogP contribution in [0.1, 0.15) is 18.2 Å². The molecule has 17 heavy (non-hydrogen) atoms. The largest absolute Gasteiger partial charge is 0.487 e. The number of aromatic nitrogens is 2. The van der Waals surface area contributed by atoms with Gasteiger partial charge in [0.15, 0.2) is 4.73 Å². The van der Waals surface area contributed by atoms with Gasteiger partial charge in [-0.25, -0.2) is 4.98 Å². The molecule has 4 heteroatoms. The molecule has 90 valence electrons. The van der Waals surface area contributed by atoms with Gasteiger partial charge in [-0.1, -0.05) is 12.1 Å². The monoisotopic (exact) mass is 294 g/mol. The molecule has 0 aliphatic heterocycles. The molecule has 0 bridgehead atoms. The van der Waals surface area contributed by atoms with Crippen LogP contribution in [0.3, 0.4) is 0 Å². The van der Waals surface area contributed by atoms with Gasteiger partial charge < -0.3 is 9.30 Å². The van der Waals surface area contributed by atoms with Crippen molar-refractivity contribution in [3.05, 3.63) is 46.5 Å². The number of imidazole rings is 1. The fraction of sp³-hybridized carbons (Fsp3) is 0.308. The van der Waals surface area contributed by atoms with Crippen LogP contribution >= 0.6 is 15.9 Å². The Labute approximate surface area is 110 Å². The lowest BCUT2D eigenvalue weighted by atomic mass is 10.2. The summed E-state index contributed by atoms with van der Waals surface area (Å²) >= 11 is 3.41. The molecule has 0 atom stereocenters.